The summed E-state index contributed by atoms with van der Waals surface area (Å²) in [7, 11) is 0. The van der Waals surface area contributed by atoms with Gasteiger partial charge in [0, 0.05) is 0 Å². The smallest absolute Gasteiger partial charge is 0.316 e. The SMILES string of the molecule is C/C=C/CCC1CCC(c2ccc(C(F)(F)OCCc3ccc(C4CCC(CCC)CC4)cc3)cc2)CC1. The lowest BCUT2D eigenvalue weighted by atomic mass is 9.77. The molecule has 1 nitrogen and oxygen atoms in total. The summed E-state index contributed by atoms with van der Waals surface area (Å²) in [5.41, 5.74) is 3.60. The Hall–Kier alpha value is -2.00. The van der Waals surface area contributed by atoms with Gasteiger partial charge < -0.3 is 4.74 Å². The monoisotopic (exact) mass is 522 g/mol. The molecule has 2 aromatic rings. The van der Waals surface area contributed by atoms with Crippen molar-refractivity contribution in [1.82, 2.24) is 0 Å². The van der Waals surface area contributed by atoms with Crippen molar-refractivity contribution in [2.75, 3.05) is 6.61 Å². The average molecular weight is 523 g/mol. The zero-order chi connectivity index (χ0) is 26.8. The molecular weight excluding hydrogens is 474 g/mol. The molecular formula is C35H48F2O. The van der Waals surface area contributed by atoms with E-state index in [1.54, 1.807) is 12.1 Å². The second-order valence-corrected chi connectivity index (χ2v) is 11.8. The van der Waals surface area contributed by atoms with Crippen LogP contribution in [0.4, 0.5) is 8.78 Å². The summed E-state index contributed by atoms with van der Waals surface area (Å²) in [6.45, 7) is 4.36. The number of alkyl halides is 2. The fourth-order valence-electron chi connectivity index (χ4n) is 6.76. The quantitative estimate of drug-likeness (QED) is 0.252. The van der Waals surface area contributed by atoms with Crippen LogP contribution in [-0.4, -0.2) is 6.61 Å². The highest BCUT2D eigenvalue weighted by molar-refractivity contribution is 5.28. The Bertz CT molecular complexity index is 962. The molecule has 4 rings (SSSR count). The Balaban J connectivity index is 1.20. The van der Waals surface area contributed by atoms with Crippen LogP contribution in [0.1, 0.15) is 125 Å². The second kappa shape index (κ2) is 14.4. The van der Waals surface area contributed by atoms with Gasteiger partial charge in [-0.25, -0.2) is 0 Å². The number of rotatable bonds is 12. The number of hydrogen-bond acceptors (Lipinski definition) is 1. The molecule has 2 saturated carbocycles. The molecule has 0 saturated heterocycles. The first-order valence-corrected chi connectivity index (χ1v) is 15.3. The Morgan fingerprint density at radius 2 is 1.29 bits per heavy atom. The van der Waals surface area contributed by atoms with Gasteiger partial charge in [0.15, 0.2) is 0 Å². The molecule has 208 valence electrons. The molecule has 0 bridgehead atoms. The lowest BCUT2D eigenvalue weighted by Gasteiger charge is -2.29. The molecule has 38 heavy (non-hydrogen) atoms. The van der Waals surface area contributed by atoms with E-state index in [2.05, 4.69) is 50.3 Å². The maximum Gasteiger partial charge on any atom is 0.383 e. The summed E-state index contributed by atoms with van der Waals surface area (Å²) in [4.78, 5) is 0. The van der Waals surface area contributed by atoms with E-state index in [0.29, 0.717) is 18.3 Å². The molecule has 0 aliphatic heterocycles. The molecule has 3 heteroatoms. The maximum absolute atomic E-state index is 14.8. The molecule has 0 atom stereocenters. The van der Waals surface area contributed by atoms with Gasteiger partial charge in [0.2, 0.25) is 0 Å². The molecule has 0 radical (unpaired) electrons. The minimum atomic E-state index is -3.26. The molecule has 0 aromatic heterocycles. The van der Waals surface area contributed by atoms with Crippen molar-refractivity contribution in [2.24, 2.45) is 11.8 Å². The third-order valence-corrected chi connectivity index (χ3v) is 9.21. The van der Waals surface area contributed by atoms with Gasteiger partial charge in [-0.05, 0) is 118 Å². The Labute approximate surface area is 230 Å². The van der Waals surface area contributed by atoms with Crippen molar-refractivity contribution in [3.63, 3.8) is 0 Å². The third-order valence-electron chi connectivity index (χ3n) is 9.21. The minimum absolute atomic E-state index is 0.00740. The zero-order valence-corrected chi connectivity index (χ0v) is 23.6. The summed E-state index contributed by atoms with van der Waals surface area (Å²) >= 11 is 0. The van der Waals surface area contributed by atoms with Gasteiger partial charge in [0.05, 0.1) is 12.2 Å². The van der Waals surface area contributed by atoms with Crippen LogP contribution in [-0.2, 0) is 17.3 Å². The van der Waals surface area contributed by atoms with E-state index in [1.807, 2.05) is 12.1 Å². The predicted molar refractivity (Wildman–Crippen MR) is 155 cm³/mol. The van der Waals surface area contributed by atoms with Gasteiger partial charge in [-0.1, -0.05) is 80.4 Å². The highest BCUT2D eigenvalue weighted by Crippen LogP contribution is 2.39. The van der Waals surface area contributed by atoms with E-state index < -0.39 is 6.11 Å². The largest absolute Gasteiger partial charge is 0.383 e. The fourth-order valence-corrected chi connectivity index (χ4v) is 6.76. The van der Waals surface area contributed by atoms with Crippen LogP contribution in [0.25, 0.3) is 0 Å². The standard InChI is InChI=1S/C35H48F2O/c1-3-5-6-8-28-11-17-32(18-12-28)33-21-23-34(24-22-33)35(36,37)38-26-25-29-13-19-31(20-14-29)30-15-9-27(7-4-2)10-16-30/h3,5,13-14,19-24,27-28,30,32H,4,6-12,15-18,25-26H2,1-2H3/b5-3+. The van der Waals surface area contributed by atoms with Crippen molar-refractivity contribution in [3.8, 4) is 0 Å². The number of ether oxygens (including phenoxy) is 1. The van der Waals surface area contributed by atoms with Crippen molar-refractivity contribution >= 4 is 0 Å². The lowest BCUT2D eigenvalue weighted by molar-refractivity contribution is -0.248. The van der Waals surface area contributed by atoms with E-state index in [-0.39, 0.29) is 12.2 Å². The Morgan fingerprint density at radius 1 is 0.763 bits per heavy atom. The van der Waals surface area contributed by atoms with Crippen molar-refractivity contribution in [3.05, 3.63) is 82.9 Å². The number of benzene rings is 2. The summed E-state index contributed by atoms with van der Waals surface area (Å²) < 4.78 is 34.7. The van der Waals surface area contributed by atoms with E-state index in [4.69, 9.17) is 4.74 Å². The normalized spacial score (nSPS) is 24.6. The van der Waals surface area contributed by atoms with Gasteiger partial charge in [-0.3, -0.25) is 0 Å². The molecule has 2 fully saturated rings. The molecule has 2 aromatic carbocycles. The third kappa shape index (κ3) is 8.25. The van der Waals surface area contributed by atoms with E-state index in [0.717, 1.165) is 30.2 Å². The summed E-state index contributed by atoms with van der Waals surface area (Å²) in [6, 6.07) is 15.5. The van der Waals surface area contributed by atoms with E-state index in [1.165, 1.54) is 75.3 Å². The van der Waals surface area contributed by atoms with Crippen LogP contribution >= 0.6 is 0 Å². The first kappa shape index (κ1) is 29.0. The lowest BCUT2D eigenvalue weighted by Crippen LogP contribution is -2.20. The van der Waals surface area contributed by atoms with Crippen LogP contribution in [0.2, 0.25) is 0 Å². The molecule has 0 heterocycles. The molecule has 0 spiro atoms. The van der Waals surface area contributed by atoms with Crippen LogP contribution < -0.4 is 0 Å². The number of halogens is 2. The minimum Gasteiger partial charge on any atom is -0.316 e. The maximum atomic E-state index is 14.8. The summed E-state index contributed by atoms with van der Waals surface area (Å²) in [5, 5.41) is 0. The zero-order valence-electron chi connectivity index (χ0n) is 23.6. The first-order chi connectivity index (χ1) is 18.5. The van der Waals surface area contributed by atoms with Gasteiger partial charge in [0.25, 0.3) is 0 Å². The molecule has 2 aliphatic carbocycles. The van der Waals surface area contributed by atoms with Crippen molar-refractivity contribution in [2.45, 2.75) is 115 Å². The van der Waals surface area contributed by atoms with E-state index in [9.17, 15) is 8.78 Å². The number of hydrogen-bond donors (Lipinski definition) is 0. The fraction of sp³-hybridized carbons (Fsp3) is 0.600. The molecule has 2 aliphatic rings. The predicted octanol–water partition coefficient (Wildman–Crippen LogP) is 10.7. The average Bonchev–Trinajstić information content (AvgIpc) is 2.95. The van der Waals surface area contributed by atoms with Crippen molar-refractivity contribution < 1.29 is 13.5 Å². The van der Waals surface area contributed by atoms with Crippen LogP contribution in [0, 0.1) is 11.8 Å². The first-order valence-electron chi connectivity index (χ1n) is 15.3. The van der Waals surface area contributed by atoms with Crippen LogP contribution in [0.15, 0.2) is 60.7 Å². The number of allylic oxidation sites excluding steroid dienone is 2. The van der Waals surface area contributed by atoms with E-state index >= 15 is 0 Å². The van der Waals surface area contributed by atoms with Gasteiger partial charge in [-0.2, -0.15) is 8.78 Å². The van der Waals surface area contributed by atoms with Crippen LogP contribution in [0.3, 0.4) is 0 Å². The molecule has 0 amide bonds. The Kier molecular flexibility index (Phi) is 11.0. The molecule has 0 N–H and O–H groups in total. The highest BCUT2D eigenvalue weighted by atomic mass is 19.3. The van der Waals surface area contributed by atoms with Crippen molar-refractivity contribution in [1.29, 1.82) is 0 Å². The topological polar surface area (TPSA) is 9.23 Å². The summed E-state index contributed by atoms with van der Waals surface area (Å²) in [5.74, 6) is 2.86. The van der Waals surface area contributed by atoms with Gasteiger partial charge in [0.1, 0.15) is 0 Å². The summed E-state index contributed by atoms with van der Waals surface area (Å²) in [6.07, 6.45) is 16.7. The van der Waals surface area contributed by atoms with Gasteiger partial charge in [-0.15, -0.1) is 0 Å². The molecule has 0 unspecified atom stereocenters. The second-order valence-electron chi connectivity index (χ2n) is 11.8. The van der Waals surface area contributed by atoms with Crippen LogP contribution in [0.5, 0.6) is 0 Å². The Morgan fingerprint density at radius 3 is 1.82 bits per heavy atom. The highest BCUT2D eigenvalue weighted by Gasteiger charge is 2.33. The van der Waals surface area contributed by atoms with Gasteiger partial charge >= 0.3 is 6.11 Å².